The van der Waals surface area contributed by atoms with E-state index in [0.717, 1.165) is 23.2 Å². The molecule has 1 fully saturated rings. The van der Waals surface area contributed by atoms with E-state index in [1.165, 1.54) is 24.0 Å². The Bertz CT molecular complexity index is 359. The van der Waals surface area contributed by atoms with Crippen LogP contribution in [0, 0.1) is 0 Å². The summed E-state index contributed by atoms with van der Waals surface area (Å²) in [6.07, 6.45) is 2.61. The van der Waals surface area contributed by atoms with Crippen molar-refractivity contribution in [3.8, 4) is 0 Å². The molecule has 2 N–H and O–H groups in total. The molecule has 1 heterocycles. The molecule has 2 nitrogen and oxygen atoms in total. The van der Waals surface area contributed by atoms with Crippen molar-refractivity contribution < 1.29 is 0 Å². The first-order valence-corrected chi connectivity index (χ1v) is 6.03. The van der Waals surface area contributed by atoms with Gasteiger partial charge in [0.25, 0.3) is 0 Å². The van der Waals surface area contributed by atoms with Crippen LogP contribution in [0.25, 0.3) is 0 Å². The standard InChI is InChI=1S/C10H11ClN2.C2H6/c11-9-4-10-7(5-12-13-10)3-8(9)6-1-2-6;1-2/h3-4,6,12-13H,1-2,5H2;1-2H3. The first-order chi connectivity index (χ1) is 7.34. The number of hydrogen-bond donors (Lipinski definition) is 2. The quantitative estimate of drug-likeness (QED) is 0.761. The van der Waals surface area contributed by atoms with Crippen molar-refractivity contribution >= 4 is 17.3 Å². The third-order valence-corrected chi connectivity index (χ3v) is 3.07. The fourth-order valence-corrected chi connectivity index (χ4v) is 2.16. The lowest BCUT2D eigenvalue weighted by Crippen LogP contribution is -2.10. The third kappa shape index (κ3) is 2.11. The molecule has 1 aromatic carbocycles. The predicted molar refractivity (Wildman–Crippen MR) is 65.2 cm³/mol. The highest BCUT2D eigenvalue weighted by molar-refractivity contribution is 6.31. The van der Waals surface area contributed by atoms with Crippen molar-refractivity contribution in [2.75, 3.05) is 5.43 Å². The number of halogens is 1. The monoisotopic (exact) mass is 224 g/mol. The molecule has 1 aliphatic carbocycles. The number of rotatable bonds is 1. The number of benzene rings is 1. The van der Waals surface area contributed by atoms with Crippen LogP contribution in [-0.2, 0) is 6.54 Å². The fourth-order valence-electron chi connectivity index (χ4n) is 1.84. The van der Waals surface area contributed by atoms with Gasteiger partial charge in [-0.25, -0.2) is 5.43 Å². The molecular weight excluding hydrogens is 208 g/mol. The van der Waals surface area contributed by atoms with E-state index in [-0.39, 0.29) is 0 Å². The van der Waals surface area contributed by atoms with Crippen LogP contribution in [0.2, 0.25) is 5.02 Å². The molecule has 1 aliphatic heterocycles. The van der Waals surface area contributed by atoms with E-state index in [2.05, 4.69) is 16.9 Å². The van der Waals surface area contributed by atoms with Crippen LogP contribution in [-0.4, -0.2) is 0 Å². The van der Waals surface area contributed by atoms with E-state index in [1.54, 1.807) is 0 Å². The Kier molecular flexibility index (Phi) is 3.17. The van der Waals surface area contributed by atoms with Gasteiger partial charge in [0.15, 0.2) is 0 Å². The fraction of sp³-hybridized carbons (Fsp3) is 0.500. The molecule has 0 unspecified atom stereocenters. The van der Waals surface area contributed by atoms with E-state index < -0.39 is 0 Å². The van der Waals surface area contributed by atoms with Crippen LogP contribution >= 0.6 is 11.6 Å². The molecule has 0 radical (unpaired) electrons. The number of fused-ring (bicyclic) bond motifs is 1. The molecule has 2 aliphatic rings. The van der Waals surface area contributed by atoms with Crippen LogP contribution in [0.3, 0.4) is 0 Å². The molecule has 0 amide bonds. The summed E-state index contributed by atoms with van der Waals surface area (Å²) in [7, 11) is 0. The maximum atomic E-state index is 6.18. The van der Waals surface area contributed by atoms with Gasteiger partial charge in [0, 0.05) is 11.6 Å². The van der Waals surface area contributed by atoms with Crippen molar-refractivity contribution in [2.45, 2.75) is 39.2 Å². The summed E-state index contributed by atoms with van der Waals surface area (Å²) < 4.78 is 0. The molecule has 1 aromatic rings. The summed E-state index contributed by atoms with van der Waals surface area (Å²) in [4.78, 5) is 0. The third-order valence-electron chi connectivity index (χ3n) is 2.74. The first-order valence-electron chi connectivity index (χ1n) is 5.66. The van der Waals surface area contributed by atoms with Gasteiger partial charge in [0.2, 0.25) is 0 Å². The van der Waals surface area contributed by atoms with Gasteiger partial charge >= 0.3 is 0 Å². The highest BCUT2D eigenvalue weighted by atomic mass is 35.5. The maximum absolute atomic E-state index is 6.18. The van der Waals surface area contributed by atoms with Crippen LogP contribution in [0.1, 0.15) is 43.7 Å². The average Bonchev–Trinajstić information content (AvgIpc) is 3.00. The molecule has 0 atom stereocenters. The topological polar surface area (TPSA) is 24.1 Å². The van der Waals surface area contributed by atoms with Crippen molar-refractivity contribution in [1.29, 1.82) is 0 Å². The second-order valence-corrected chi connectivity index (χ2v) is 4.19. The van der Waals surface area contributed by atoms with Gasteiger partial charge in [0.1, 0.15) is 0 Å². The summed E-state index contributed by atoms with van der Waals surface area (Å²) in [5, 5.41) is 0.914. The lowest BCUT2D eigenvalue weighted by atomic mass is 10.1. The SMILES string of the molecule is CC.Clc1cc2c(cc1C1CC1)CNN2. The number of hydrogen-bond acceptors (Lipinski definition) is 2. The maximum Gasteiger partial charge on any atom is 0.0548 e. The van der Waals surface area contributed by atoms with Crippen LogP contribution in [0.15, 0.2) is 12.1 Å². The minimum Gasteiger partial charge on any atom is -0.321 e. The zero-order chi connectivity index (χ0) is 10.8. The smallest absolute Gasteiger partial charge is 0.0548 e. The Morgan fingerprint density at radius 3 is 2.67 bits per heavy atom. The van der Waals surface area contributed by atoms with Crippen molar-refractivity contribution in [2.24, 2.45) is 0 Å². The molecule has 0 bridgehead atoms. The Morgan fingerprint density at radius 1 is 1.27 bits per heavy atom. The largest absolute Gasteiger partial charge is 0.321 e. The van der Waals surface area contributed by atoms with Gasteiger partial charge in [0.05, 0.1) is 5.69 Å². The lowest BCUT2D eigenvalue weighted by Gasteiger charge is -2.05. The van der Waals surface area contributed by atoms with Gasteiger partial charge < -0.3 is 5.43 Å². The zero-order valence-corrected chi connectivity index (χ0v) is 9.99. The summed E-state index contributed by atoms with van der Waals surface area (Å²) in [5.41, 5.74) is 10.00. The highest BCUT2D eigenvalue weighted by Gasteiger charge is 2.27. The van der Waals surface area contributed by atoms with E-state index in [1.807, 2.05) is 19.9 Å². The summed E-state index contributed by atoms with van der Waals surface area (Å²) in [5.74, 6) is 0.735. The minimum absolute atomic E-state index is 0.735. The Labute approximate surface area is 96.0 Å². The molecule has 0 spiro atoms. The first kappa shape index (κ1) is 10.8. The predicted octanol–water partition coefficient (Wildman–Crippen LogP) is 3.67. The van der Waals surface area contributed by atoms with Crippen LogP contribution < -0.4 is 10.9 Å². The highest BCUT2D eigenvalue weighted by Crippen LogP contribution is 2.44. The van der Waals surface area contributed by atoms with Crippen LogP contribution in [0.4, 0.5) is 5.69 Å². The molecule has 0 saturated heterocycles. The van der Waals surface area contributed by atoms with E-state index in [0.29, 0.717) is 0 Å². The molecule has 15 heavy (non-hydrogen) atoms. The van der Waals surface area contributed by atoms with Crippen molar-refractivity contribution in [3.63, 3.8) is 0 Å². The Morgan fingerprint density at radius 2 is 2.00 bits per heavy atom. The second kappa shape index (κ2) is 4.42. The molecule has 3 heteroatoms. The van der Waals surface area contributed by atoms with Crippen molar-refractivity contribution in [1.82, 2.24) is 5.43 Å². The zero-order valence-electron chi connectivity index (χ0n) is 9.23. The summed E-state index contributed by atoms with van der Waals surface area (Å²) in [6.45, 7) is 4.91. The lowest BCUT2D eigenvalue weighted by molar-refractivity contribution is 0.859. The molecule has 0 aromatic heterocycles. The van der Waals surface area contributed by atoms with E-state index in [4.69, 9.17) is 11.6 Å². The van der Waals surface area contributed by atoms with E-state index >= 15 is 0 Å². The Balaban J connectivity index is 0.000000404. The molecule has 82 valence electrons. The van der Waals surface area contributed by atoms with Gasteiger partial charge in [-0.2, -0.15) is 0 Å². The van der Waals surface area contributed by atoms with Crippen molar-refractivity contribution in [3.05, 3.63) is 28.3 Å². The molecule has 1 saturated carbocycles. The van der Waals surface area contributed by atoms with Gasteiger partial charge in [-0.05, 0) is 36.0 Å². The number of hydrazine groups is 1. The van der Waals surface area contributed by atoms with Crippen LogP contribution in [0.5, 0.6) is 0 Å². The van der Waals surface area contributed by atoms with Gasteiger partial charge in [-0.15, -0.1) is 0 Å². The van der Waals surface area contributed by atoms with Gasteiger partial charge in [-0.3, -0.25) is 0 Å². The Hall–Kier alpha value is -0.730. The number of anilines is 1. The number of nitrogens with one attached hydrogen (secondary N) is 2. The molecule has 3 rings (SSSR count). The normalized spacial score (nSPS) is 17.5. The second-order valence-electron chi connectivity index (χ2n) is 3.78. The average molecular weight is 225 g/mol. The van der Waals surface area contributed by atoms with Gasteiger partial charge in [-0.1, -0.05) is 31.5 Å². The molecular formula is C12H17ClN2. The minimum atomic E-state index is 0.735. The van der Waals surface area contributed by atoms with E-state index in [9.17, 15) is 0 Å². The summed E-state index contributed by atoms with van der Waals surface area (Å²) >= 11 is 6.18. The summed E-state index contributed by atoms with van der Waals surface area (Å²) in [6, 6.07) is 4.27.